The number of aryl methyl sites for hydroxylation is 1. The Morgan fingerprint density at radius 2 is 1.57 bits per heavy atom. The van der Waals surface area contributed by atoms with Crippen LogP contribution >= 0.6 is 0 Å². The lowest BCUT2D eigenvalue weighted by atomic mass is 9.83. The second kappa shape index (κ2) is 8.05. The summed E-state index contributed by atoms with van der Waals surface area (Å²) in [4.78, 5) is 29.5. The van der Waals surface area contributed by atoms with E-state index < -0.39 is 5.41 Å². The molecule has 0 unspecified atom stereocenters. The van der Waals surface area contributed by atoms with Gasteiger partial charge in [0, 0.05) is 26.2 Å². The van der Waals surface area contributed by atoms with Gasteiger partial charge in [-0.15, -0.1) is 0 Å². The van der Waals surface area contributed by atoms with Gasteiger partial charge >= 0.3 is 0 Å². The first-order valence-corrected chi connectivity index (χ1v) is 9.80. The topological polar surface area (TPSA) is 60.9 Å². The van der Waals surface area contributed by atoms with E-state index in [1.54, 1.807) is 17.0 Å². The van der Waals surface area contributed by atoms with Crippen LogP contribution in [-0.2, 0) is 16.6 Å². The van der Waals surface area contributed by atoms with Crippen molar-refractivity contribution >= 4 is 11.8 Å². The highest BCUT2D eigenvalue weighted by atomic mass is 16.3. The molecule has 0 radical (unpaired) electrons. The summed E-state index contributed by atoms with van der Waals surface area (Å²) < 4.78 is 0. The molecule has 2 aromatic carbocycles. The Balaban J connectivity index is 1.67. The first-order valence-electron chi connectivity index (χ1n) is 9.80. The standard InChI is InChI=1S/C23H28N2O3/c1-4-17-10-11-20(26)19(16-17)21(27)24-12-14-25(15-13-24)22(28)23(2,3)18-8-6-5-7-9-18/h5-11,16,26H,4,12-15H2,1-3H3. The van der Waals surface area contributed by atoms with Crippen molar-refractivity contribution in [1.29, 1.82) is 0 Å². The third kappa shape index (κ3) is 3.88. The second-order valence-corrected chi connectivity index (χ2v) is 7.78. The molecule has 2 amide bonds. The summed E-state index contributed by atoms with van der Waals surface area (Å²) in [7, 11) is 0. The number of rotatable bonds is 4. The molecule has 1 N–H and O–H groups in total. The third-order valence-electron chi connectivity index (χ3n) is 5.58. The Hall–Kier alpha value is -2.82. The van der Waals surface area contributed by atoms with E-state index in [2.05, 4.69) is 0 Å². The smallest absolute Gasteiger partial charge is 0.257 e. The van der Waals surface area contributed by atoms with Crippen LogP contribution in [0.25, 0.3) is 0 Å². The second-order valence-electron chi connectivity index (χ2n) is 7.78. The number of carbonyl (C=O) groups excluding carboxylic acids is 2. The number of aromatic hydroxyl groups is 1. The van der Waals surface area contributed by atoms with E-state index in [9.17, 15) is 14.7 Å². The first kappa shape index (κ1) is 19.9. The van der Waals surface area contributed by atoms with E-state index in [1.807, 2.05) is 62.1 Å². The summed E-state index contributed by atoms with van der Waals surface area (Å²) in [6.45, 7) is 7.81. The van der Waals surface area contributed by atoms with Crippen molar-refractivity contribution in [3.63, 3.8) is 0 Å². The minimum Gasteiger partial charge on any atom is -0.507 e. The van der Waals surface area contributed by atoms with Crippen LogP contribution in [0.4, 0.5) is 0 Å². The number of hydrogen-bond acceptors (Lipinski definition) is 3. The summed E-state index contributed by atoms with van der Waals surface area (Å²) >= 11 is 0. The largest absolute Gasteiger partial charge is 0.507 e. The Kier molecular flexibility index (Phi) is 5.73. The number of phenols is 1. The summed E-state index contributed by atoms with van der Waals surface area (Å²) in [6.07, 6.45) is 0.803. The zero-order valence-corrected chi connectivity index (χ0v) is 16.8. The predicted molar refractivity (Wildman–Crippen MR) is 109 cm³/mol. The zero-order valence-electron chi connectivity index (χ0n) is 16.8. The molecule has 1 aliphatic rings. The van der Waals surface area contributed by atoms with Crippen LogP contribution in [0, 0.1) is 0 Å². The molecule has 0 bridgehead atoms. The number of hydrogen-bond donors (Lipinski definition) is 1. The van der Waals surface area contributed by atoms with E-state index in [0.717, 1.165) is 17.5 Å². The van der Waals surface area contributed by atoms with Gasteiger partial charge in [0.2, 0.25) is 5.91 Å². The van der Waals surface area contributed by atoms with E-state index in [-0.39, 0.29) is 17.6 Å². The van der Waals surface area contributed by atoms with Crippen LogP contribution in [0.15, 0.2) is 48.5 Å². The molecule has 0 spiro atoms. The quantitative estimate of drug-likeness (QED) is 0.886. The Labute approximate surface area is 166 Å². The zero-order chi connectivity index (χ0) is 20.3. The lowest BCUT2D eigenvalue weighted by Crippen LogP contribution is -2.54. The van der Waals surface area contributed by atoms with E-state index in [4.69, 9.17) is 0 Å². The molecule has 1 fully saturated rings. The van der Waals surface area contributed by atoms with Crippen LogP contribution in [0.2, 0.25) is 0 Å². The number of nitrogens with zero attached hydrogens (tertiary/aromatic N) is 2. The Morgan fingerprint density at radius 3 is 2.18 bits per heavy atom. The number of amides is 2. The van der Waals surface area contributed by atoms with Crippen molar-refractivity contribution in [2.24, 2.45) is 0 Å². The fraction of sp³-hybridized carbons (Fsp3) is 0.391. The number of phenolic OH excluding ortho intramolecular Hbond substituents is 1. The fourth-order valence-electron chi connectivity index (χ4n) is 3.63. The summed E-state index contributed by atoms with van der Waals surface area (Å²) in [5.74, 6) is -0.102. The summed E-state index contributed by atoms with van der Waals surface area (Å²) in [5.41, 5.74) is 1.73. The fourth-order valence-corrected chi connectivity index (χ4v) is 3.63. The van der Waals surface area contributed by atoms with E-state index in [0.29, 0.717) is 31.7 Å². The highest BCUT2D eigenvalue weighted by Gasteiger charge is 2.35. The molecule has 0 aromatic heterocycles. The average molecular weight is 380 g/mol. The molecule has 28 heavy (non-hydrogen) atoms. The van der Waals surface area contributed by atoms with Crippen molar-refractivity contribution < 1.29 is 14.7 Å². The number of carbonyl (C=O) groups is 2. The van der Waals surface area contributed by atoms with Crippen molar-refractivity contribution in [3.8, 4) is 5.75 Å². The molecule has 0 aliphatic carbocycles. The lowest BCUT2D eigenvalue weighted by Gasteiger charge is -2.39. The molecule has 1 aliphatic heterocycles. The van der Waals surface area contributed by atoms with Crippen LogP contribution < -0.4 is 0 Å². The number of benzene rings is 2. The molecule has 5 heteroatoms. The van der Waals surface area contributed by atoms with Crippen molar-refractivity contribution in [2.75, 3.05) is 26.2 Å². The molecule has 5 nitrogen and oxygen atoms in total. The Bertz CT molecular complexity index is 853. The highest BCUT2D eigenvalue weighted by molar-refractivity contribution is 5.97. The maximum atomic E-state index is 13.1. The normalized spacial score (nSPS) is 14.8. The molecule has 1 heterocycles. The maximum absolute atomic E-state index is 13.1. The lowest BCUT2D eigenvalue weighted by molar-refractivity contribution is -0.137. The van der Waals surface area contributed by atoms with Crippen LogP contribution in [0.1, 0.15) is 42.3 Å². The van der Waals surface area contributed by atoms with Gasteiger partial charge in [-0.3, -0.25) is 9.59 Å². The third-order valence-corrected chi connectivity index (χ3v) is 5.58. The monoisotopic (exact) mass is 380 g/mol. The van der Waals surface area contributed by atoms with Gasteiger partial charge < -0.3 is 14.9 Å². The van der Waals surface area contributed by atoms with Gasteiger partial charge in [-0.2, -0.15) is 0 Å². The van der Waals surface area contributed by atoms with Gasteiger partial charge in [-0.1, -0.05) is 43.3 Å². The molecular weight excluding hydrogens is 352 g/mol. The molecule has 0 saturated carbocycles. The minimum atomic E-state index is -0.610. The highest BCUT2D eigenvalue weighted by Crippen LogP contribution is 2.27. The summed E-state index contributed by atoms with van der Waals surface area (Å²) in [6, 6.07) is 14.9. The van der Waals surface area contributed by atoms with Crippen molar-refractivity contribution in [2.45, 2.75) is 32.6 Å². The first-order chi connectivity index (χ1) is 13.3. The van der Waals surface area contributed by atoms with Gasteiger partial charge in [-0.25, -0.2) is 0 Å². The van der Waals surface area contributed by atoms with Crippen LogP contribution in [0.5, 0.6) is 5.75 Å². The predicted octanol–water partition coefficient (Wildman–Crippen LogP) is 3.22. The van der Waals surface area contributed by atoms with Gasteiger partial charge in [0.05, 0.1) is 11.0 Å². The molecule has 3 rings (SSSR count). The molecule has 1 saturated heterocycles. The van der Waals surface area contributed by atoms with Crippen molar-refractivity contribution in [3.05, 3.63) is 65.2 Å². The van der Waals surface area contributed by atoms with Gasteiger partial charge in [0.1, 0.15) is 5.75 Å². The maximum Gasteiger partial charge on any atom is 0.257 e. The molecule has 148 valence electrons. The minimum absolute atomic E-state index is 0.00548. The average Bonchev–Trinajstić information content (AvgIpc) is 2.74. The molecule has 2 aromatic rings. The van der Waals surface area contributed by atoms with Gasteiger partial charge in [0.25, 0.3) is 5.91 Å². The van der Waals surface area contributed by atoms with Gasteiger partial charge in [0.15, 0.2) is 0 Å². The van der Waals surface area contributed by atoms with E-state index in [1.165, 1.54) is 0 Å². The molecular formula is C23H28N2O3. The summed E-state index contributed by atoms with van der Waals surface area (Å²) in [5, 5.41) is 10.1. The number of piperazine rings is 1. The SMILES string of the molecule is CCc1ccc(O)c(C(=O)N2CCN(C(=O)C(C)(C)c3ccccc3)CC2)c1. The van der Waals surface area contributed by atoms with Crippen molar-refractivity contribution in [1.82, 2.24) is 9.80 Å². The Morgan fingerprint density at radius 1 is 0.964 bits per heavy atom. The molecule has 0 atom stereocenters. The van der Waals surface area contributed by atoms with Crippen LogP contribution in [0.3, 0.4) is 0 Å². The van der Waals surface area contributed by atoms with Gasteiger partial charge in [-0.05, 0) is 43.5 Å². The van der Waals surface area contributed by atoms with E-state index >= 15 is 0 Å². The van der Waals surface area contributed by atoms with Crippen LogP contribution in [-0.4, -0.2) is 52.9 Å².